The topological polar surface area (TPSA) is 84.5 Å². The summed E-state index contributed by atoms with van der Waals surface area (Å²) in [6.07, 6.45) is 2.36. The second-order valence-corrected chi connectivity index (χ2v) is 10.3. The van der Waals surface area contributed by atoms with E-state index in [1.165, 1.54) is 31.4 Å². The second kappa shape index (κ2) is 10.1. The third-order valence-corrected chi connectivity index (χ3v) is 7.72. The lowest BCUT2D eigenvalue weighted by molar-refractivity contribution is -0.126. The van der Waals surface area contributed by atoms with Gasteiger partial charge in [-0.15, -0.1) is 0 Å². The zero-order chi connectivity index (χ0) is 22.6. The number of rotatable bonds is 7. The summed E-state index contributed by atoms with van der Waals surface area (Å²) in [5.74, 6) is 0.0152. The first kappa shape index (κ1) is 23.7. The van der Waals surface area contributed by atoms with Crippen LogP contribution in [0.15, 0.2) is 51.8 Å². The van der Waals surface area contributed by atoms with Gasteiger partial charge in [0.2, 0.25) is 15.9 Å². The van der Waals surface area contributed by atoms with Gasteiger partial charge in [-0.3, -0.25) is 4.79 Å². The van der Waals surface area contributed by atoms with Crippen molar-refractivity contribution in [2.75, 3.05) is 7.11 Å². The lowest BCUT2D eigenvalue weighted by atomic mass is 9.85. The molecular formula is C22H26BrFN2O4S. The van der Waals surface area contributed by atoms with Gasteiger partial charge in [-0.2, -0.15) is 0 Å². The lowest BCUT2D eigenvalue weighted by Crippen LogP contribution is -2.41. The molecule has 1 aliphatic carbocycles. The Labute approximate surface area is 190 Å². The molecule has 2 N–H and O–H groups in total. The molecule has 3 rings (SSSR count). The van der Waals surface area contributed by atoms with Crippen LogP contribution in [0.2, 0.25) is 0 Å². The van der Waals surface area contributed by atoms with E-state index < -0.39 is 10.0 Å². The first-order valence-electron chi connectivity index (χ1n) is 10.1. The van der Waals surface area contributed by atoms with Crippen LogP contribution in [0.4, 0.5) is 4.39 Å². The van der Waals surface area contributed by atoms with Crippen molar-refractivity contribution in [1.29, 1.82) is 0 Å². The number of amides is 1. The molecule has 0 aromatic heterocycles. The molecular weight excluding hydrogens is 487 g/mol. The van der Waals surface area contributed by atoms with E-state index in [-0.39, 0.29) is 34.6 Å². The van der Waals surface area contributed by atoms with Gasteiger partial charge in [0.05, 0.1) is 22.5 Å². The van der Waals surface area contributed by atoms with Crippen LogP contribution < -0.4 is 14.8 Å². The fraction of sp³-hybridized carbons (Fsp3) is 0.409. The fourth-order valence-electron chi connectivity index (χ4n) is 3.74. The van der Waals surface area contributed by atoms with Crippen molar-refractivity contribution >= 4 is 31.9 Å². The maximum Gasteiger partial charge on any atom is 0.240 e. The Morgan fingerprint density at radius 1 is 1.13 bits per heavy atom. The van der Waals surface area contributed by atoms with Crippen LogP contribution in [0, 0.1) is 11.7 Å². The summed E-state index contributed by atoms with van der Waals surface area (Å²) >= 11 is 3.31. The van der Waals surface area contributed by atoms with Crippen molar-refractivity contribution in [1.82, 2.24) is 10.0 Å². The van der Waals surface area contributed by atoms with E-state index in [4.69, 9.17) is 4.74 Å². The smallest absolute Gasteiger partial charge is 0.240 e. The summed E-state index contributed by atoms with van der Waals surface area (Å²) in [4.78, 5) is 12.8. The number of nitrogens with one attached hydrogen (secondary N) is 2. The predicted octanol–water partition coefficient (Wildman–Crippen LogP) is 4.31. The Morgan fingerprint density at radius 3 is 2.35 bits per heavy atom. The summed E-state index contributed by atoms with van der Waals surface area (Å²) in [5.41, 5.74) is 0.835. The fourth-order valence-corrected chi connectivity index (χ4v) is 5.76. The van der Waals surface area contributed by atoms with Crippen LogP contribution in [-0.4, -0.2) is 27.5 Å². The number of methoxy groups -OCH3 is 1. The molecule has 2 aromatic rings. The van der Waals surface area contributed by atoms with Crippen LogP contribution in [0.3, 0.4) is 0 Å². The largest absolute Gasteiger partial charge is 0.496 e. The molecule has 1 aliphatic rings. The Hall–Kier alpha value is -1.97. The molecule has 0 saturated heterocycles. The SMILES string of the molecule is COc1ccc(S(=O)(=O)NC2CCC(C(=O)N[C@H](C)c3ccc(F)cc3)CC2)cc1Br. The highest BCUT2D eigenvalue weighted by Crippen LogP contribution is 2.29. The van der Waals surface area contributed by atoms with Crippen molar-refractivity contribution in [3.63, 3.8) is 0 Å². The number of hydrogen-bond acceptors (Lipinski definition) is 4. The Kier molecular flexibility index (Phi) is 7.72. The summed E-state index contributed by atoms with van der Waals surface area (Å²) in [6, 6.07) is 10.2. The van der Waals surface area contributed by atoms with E-state index >= 15 is 0 Å². The van der Waals surface area contributed by atoms with E-state index in [0.29, 0.717) is 35.9 Å². The Bertz CT molecular complexity index is 1020. The summed E-state index contributed by atoms with van der Waals surface area (Å²) in [6.45, 7) is 1.86. The van der Waals surface area contributed by atoms with Crippen LogP contribution in [0.1, 0.15) is 44.2 Å². The van der Waals surface area contributed by atoms with Gasteiger partial charge in [0.25, 0.3) is 0 Å². The van der Waals surface area contributed by atoms with E-state index in [0.717, 1.165) is 5.56 Å². The third-order valence-electron chi connectivity index (χ3n) is 5.58. The average Bonchev–Trinajstić information content (AvgIpc) is 2.74. The maximum absolute atomic E-state index is 13.1. The van der Waals surface area contributed by atoms with Gasteiger partial charge in [-0.05, 0) is 84.4 Å². The molecule has 31 heavy (non-hydrogen) atoms. The van der Waals surface area contributed by atoms with Gasteiger partial charge in [0.1, 0.15) is 11.6 Å². The number of ether oxygens (including phenoxy) is 1. The molecule has 9 heteroatoms. The summed E-state index contributed by atoms with van der Waals surface area (Å²) < 4.78 is 47.0. The molecule has 0 radical (unpaired) electrons. The van der Waals surface area contributed by atoms with Crippen LogP contribution in [-0.2, 0) is 14.8 Å². The molecule has 1 fully saturated rings. The van der Waals surface area contributed by atoms with Crippen LogP contribution in [0.25, 0.3) is 0 Å². The van der Waals surface area contributed by atoms with Crippen molar-refractivity contribution in [3.8, 4) is 5.75 Å². The standard InChI is InChI=1S/C22H26BrFN2O4S/c1-14(15-3-7-17(24)8-4-15)25-22(27)16-5-9-18(10-6-16)26-31(28,29)19-11-12-21(30-2)20(23)13-19/h3-4,7-8,11-14,16,18,26H,5-6,9-10H2,1-2H3,(H,25,27)/t14-,16?,18?/m1/s1. The number of halogens is 2. The lowest BCUT2D eigenvalue weighted by Gasteiger charge is -2.29. The third kappa shape index (κ3) is 6.05. The van der Waals surface area contributed by atoms with E-state index in [9.17, 15) is 17.6 Å². The second-order valence-electron chi connectivity index (χ2n) is 7.75. The van der Waals surface area contributed by atoms with Crippen molar-refractivity contribution < 1.29 is 22.3 Å². The molecule has 1 saturated carbocycles. The predicted molar refractivity (Wildman–Crippen MR) is 120 cm³/mol. The van der Waals surface area contributed by atoms with Crippen molar-refractivity contribution in [2.45, 2.75) is 49.6 Å². The minimum absolute atomic E-state index is 0.0581. The minimum Gasteiger partial charge on any atom is -0.496 e. The highest BCUT2D eigenvalue weighted by atomic mass is 79.9. The Balaban J connectivity index is 1.53. The monoisotopic (exact) mass is 512 g/mol. The first-order valence-corrected chi connectivity index (χ1v) is 12.4. The summed E-state index contributed by atoms with van der Waals surface area (Å²) in [7, 11) is -2.16. The molecule has 6 nitrogen and oxygen atoms in total. The highest BCUT2D eigenvalue weighted by molar-refractivity contribution is 9.10. The Morgan fingerprint density at radius 2 is 1.77 bits per heavy atom. The van der Waals surface area contributed by atoms with E-state index in [1.807, 2.05) is 6.92 Å². The zero-order valence-electron chi connectivity index (χ0n) is 17.4. The molecule has 0 unspecified atom stereocenters. The maximum atomic E-state index is 13.1. The average molecular weight is 513 g/mol. The van der Waals surface area contributed by atoms with Crippen molar-refractivity contribution in [3.05, 3.63) is 58.3 Å². The molecule has 0 spiro atoms. The number of carbonyl (C=O) groups excluding carboxylic acids is 1. The number of hydrogen-bond donors (Lipinski definition) is 2. The van der Waals surface area contributed by atoms with Crippen LogP contribution in [0.5, 0.6) is 5.75 Å². The molecule has 2 aromatic carbocycles. The van der Waals surface area contributed by atoms with Gasteiger partial charge in [-0.25, -0.2) is 17.5 Å². The van der Waals surface area contributed by atoms with E-state index in [1.54, 1.807) is 18.2 Å². The van der Waals surface area contributed by atoms with Gasteiger partial charge in [0.15, 0.2) is 0 Å². The normalized spacial score (nSPS) is 20.1. The van der Waals surface area contributed by atoms with Gasteiger partial charge in [0, 0.05) is 12.0 Å². The molecule has 0 heterocycles. The quantitative estimate of drug-likeness (QED) is 0.578. The molecule has 0 bridgehead atoms. The van der Waals surface area contributed by atoms with Gasteiger partial charge >= 0.3 is 0 Å². The van der Waals surface area contributed by atoms with Gasteiger partial charge < -0.3 is 10.1 Å². The highest BCUT2D eigenvalue weighted by Gasteiger charge is 2.30. The zero-order valence-corrected chi connectivity index (χ0v) is 19.8. The molecule has 1 atom stereocenters. The van der Waals surface area contributed by atoms with Crippen molar-refractivity contribution in [2.24, 2.45) is 5.92 Å². The van der Waals surface area contributed by atoms with Gasteiger partial charge in [-0.1, -0.05) is 12.1 Å². The molecule has 168 valence electrons. The number of sulfonamides is 1. The first-order chi connectivity index (χ1) is 14.7. The minimum atomic E-state index is -3.67. The number of carbonyl (C=O) groups is 1. The number of benzene rings is 2. The van der Waals surface area contributed by atoms with Crippen LogP contribution >= 0.6 is 15.9 Å². The summed E-state index contributed by atoms with van der Waals surface area (Å²) in [5, 5.41) is 2.97. The molecule has 1 amide bonds. The molecule has 0 aliphatic heterocycles. The van der Waals surface area contributed by atoms with E-state index in [2.05, 4.69) is 26.0 Å².